The lowest BCUT2D eigenvalue weighted by molar-refractivity contribution is 0.0827. The molecule has 5 nitrogen and oxygen atoms in total. The third-order valence-corrected chi connectivity index (χ3v) is 3.46. The normalized spacial score (nSPS) is 10.6. The van der Waals surface area contributed by atoms with Gasteiger partial charge < -0.3 is 15.2 Å². The number of aromatic amines is 1. The molecule has 0 atom stereocenters. The molecule has 0 aliphatic rings. The number of carbonyl (C=O) groups excluding carboxylic acids is 1. The first-order chi connectivity index (χ1) is 10.6. The molecule has 0 spiro atoms. The third kappa shape index (κ3) is 2.93. The number of hydrogen-bond donors (Lipinski definition) is 2. The fraction of sp³-hybridized carbons (Fsp3) is 0.176. The highest BCUT2D eigenvalue weighted by Gasteiger charge is 2.08. The number of amides is 1. The number of pyridine rings is 1. The summed E-state index contributed by atoms with van der Waals surface area (Å²) in [7, 11) is 3.51. The number of aromatic nitrogens is 2. The smallest absolute Gasteiger partial charge is 0.253 e. The molecule has 0 saturated heterocycles. The van der Waals surface area contributed by atoms with Crippen molar-refractivity contribution in [1.29, 1.82) is 0 Å². The maximum atomic E-state index is 12.0. The molecule has 2 aromatic heterocycles. The van der Waals surface area contributed by atoms with Crippen LogP contribution in [0.3, 0.4) is 0 Å². The summed E-state index contributed by atoms with van der Waals surface area (Å²) in [5.41, 5.74) is 2.60. The molecule has 0 radical (unpaired) electrons. The Hall–Kier alpha value is -2.82. The molecular weight excluding hydrogens is 276 g/mol. The maximum Gasteiger partial charge on any atom is 0.253 e. The van der Waals surface area contributed by atoms with E-state index in [4.69, 9.17) is 0 Å². The molecule has 5 heteroatoms. The largest absolute Gasteiger partial charge is 0.366 e. The van der Waals surface area contributed by atoms with Crippen molar-refractivity contribution in [2.75, 3.05) is 19.4 Å². The Morgan fingerprint density at radius 3 is 2.91 bits per heavy atom. The van der Waals surface area contributed by atoms with Crippen molar-refractivity contribution in [3.63, 3.8) is 0 Å². The van der Waals surface area contributed by atoms with E-state index in [-0.39, 0.29) is 5.91 Å². The van der Waals surface area contributed by atoms with E-state index in [1.165, 1.54) is 0 Å². The number of anilines is 1. The molecule has 1 amide bonds. The van der Waals surface area contributed by atoms with E-state index in [1.54, 1.807) is 19.0 Å². The average Bonchev–Trinajstić information content (AvgIpc) is 3.00. The molecule has 1 aromatic carbocycles. The van der Waals surface area contributed by atoms with E-state index < -0.39 is 0 Å². The number of benzene rings is 1. The first-order valence-corrected chi connectivity index (χ1v) is 7.12. The van der Waals surface area contributed by atoms with Crippen LogP contribution in [0.25, 0.3) is 11.0 Å². The zero-order valence-electron chi connectivity index (χ0n) is 12.6. The lowest BCUT2D eigenvalue weighted by atomic mass is 10.1. The Morgan fingerprint density at radius 1 is 1.23 bits per heavy atom. The van der Waals surface area contributed by atoms with E-state index in [2.05, 4.69) is 15.3 Å². The monoisotopic (exact) mass is 294 g/mol. The fourth-order valence-corrected chi connectivity index (χ4v) is 2.29. The molecule has 0 fully saturated rings. The van der Waals surface area contributed by atoms with Gasteiger partial charge in [-0.2, -0.15) is 0 Å². The van der Waals surface area contributed by atoms with E-state index in [0.29, 0.717) is 12.1 Å². The highest BCUT2D eigenvalue weighted by atomic mass is 16.2. The second kappa shape index (κ2) is 5.89. The predicted molar refractivity (Wildman–Crippen MR) is 87.9 cm³/mol. The molecule has 0 aliphatic heterocycles. The molecule has 0 aliphatic carbocycles. The van der Waals surface area contributed by atoms with Gasteiger partial charge in [-0.3, -0.25) is 4.79 Å². The lowest BCUT2D eigenvalue weighted by Crippen LogP contribution is -2.21. The molecule has 0 bridgehead atoms. The Bertz CT molecular complexity index is 807. The summed E-state index contributed by atoms with van der Waals surface area (Å²) in [4.78, 5) is 21.1. The number of fused-ring (bicyclic) bond motifs is 1. The van der Waals surface area contributed by atoms with Crippen molar-refractivity contribution >= 4 is 22.8 Å². The molecule has 112 valence electrons. The first kappa shape index (κ1) is 14.1. The van der Waals surface area contributed by atoms with E-state index in [0.717, 1.165) is 22.4 Å². The SMILES string of the molecule is CN(C)C(=O)c1cccc(CNc2ccc3cc[nH]c3n2)c1. The van der Waals surface area contributed by atoms with Crippen molar-refractivity contribution in [2.45, 2.75) is 6.54 Å². The van der Waals surface area contributed by atoms with Crippen molar-refractivity contribution in [1.82, 2.24) is 14.9 Å². The lowest BCUT2D eigenvalue weighted by Gasteiger charge is -2.11. The second-order valence-corrected chi connectivity index (χ2v) is 5.37. The second-order valence-electron chi connectivity index (χ2n) is 5.37. The topological polar surface area (TPSA) is 61.0 Å². The molecule has 0 saturated carbocycles. The maximum absolute atomic E-state index is 12.0. The van der Waals surface area contributed by atoms with Gasteiger partial charge in [-0.15, -0.1) is 0 Å². The Labute approximate surface area is 129 Å². The summed E-state index contributed by atoms with van der Waals surface area (Å²) >= 11 is 0. The minimum Gasteiger partial charge on any atom is -0.366 e. The van der Waals surface area contributed by atoms with Gasteiger partial charge in [0.05, 0.1) is 0 Å². The fourth-order valence-electron chi connectivity index (χ4n) is 2.29. The molecule has 0 unspecified atom stereocenters. The molecule has 2 N–H and O–H groups in total. The van der Waals surface area contributed by atoms with E-state index in [9.17, 15) is 4.79 Å². The first-order valence-electron chi connectivity index (χ1n) is 7.12. The number of nitrogens with zero attached hydrogens (tertiary/aromatic N) is 2. The Morgan fingerprint density at radius 2 is 2.09 bits per heavy atom. The molecule has 2 heterocycles. The number of hydrogen-bond acceptors (Lipinski definition) is 3. The summed E-state index contributed by atoms with van der Waals surface area (Å²) in [5, 5.41) is 4.37. The van der Waals surface area contributed by atoms with Crippen LogP contribution in [-0.2, 0) is 6.54 Å². The molecular formula is C17H18N4O. The zero-order valence-corrected chi connectivity index (χ0v) is 12.6. The van der Waals surface area contributed by atoms with Gasteiger partial charge in [0, 0.05) is 37.8 Å². The van der Waals surface area contributed by atoms with Crippen LogP contribution in [0, 0.1) is 0 Å². The van der Waals surface area contributed by atoms with Crippen LogP contribution in [0.15, 0.2) is 48.7 Å². The van der Waals surface area contributed by atoms with Gasteiger partial charge in [-0.05, 0) is 35.9 Å². The summed E-state index contributed by atoms with van der Waals surface area (Å²) in [6, 6.07) is 13.6. The van der Waals surface area contributed by atoms with Crippen LogP contribution in [0.4, 0.5) is 5.82 Å². The molecule has 3 rings (SSSR count). The van der Waals surface area contributed by atoms with Crippen LogP contribution < -0.4 is 5.32 Å². The quantitative estimate of drug-likeness (QED) is 0.778. The van der Waals surface area contributed by atoms with Gasteiger partial charge >= 0.3 is 0 Å². The van der Waals surface area contributed by atoms with Crippen LogP contribution >= 0.6 is 0 Å². The summed E-state index contributed by atoms with van der Waals surface area (Å²) in [6.45, 7) is 0.619. The van der Waals surface area contributed by atoms with E-state index in [1.807, 2.05) is 48.7 Å². The van der Waals surface area contributed by atoms with Crippen LogP contribution in [0.5, 0.6) is 0 Å². The molecule has 22 heavy (non-hydrogen) atoms. The van der Waals surface area contributed by atoms with Crippen LogP contribution in [0.2, 0.25) is 0 Å². The average molecular weight is 294 g/mol. The summed E-state index contributed by atoms with van der Waals surface area (Å²) < 4.78 is 0. The number of nitrogens with one attached hydrogen (secondary N) is 2. The minimum atomic E-state index is 0.00720. The third-order valence-electron chi connectivity index (χ3n) is 3.46. The van der Waals surface area contributed by atoms with Gasteiger partial charge in [0.1, 0.15) is 11.5 Å². The van der Waals surface area contributed by atoms with Gasteiger partial charge in [0.25, 0.3) is 5.91 Å². The van der Waals surface area contributed by atoms with Gasteiger partial charge in [0.2, 0.25) is 0 Å². The van der Waals surface area contributed by atoms with Gasteiger partial charge in [0.15, 0.2) is 0 Å². The number of carbonyl (C=O) groups is 1. The highest BCUT2D eigenvalue weighted by Crippen LogP contribution is 2.14. The standard InChI is InChI=1S/C17H18N4O/c1-21(2)17(22)14-5-3-4-12(10-14)11-19-15-7-6-13-8-9-18-16(13)20-15/h3-10H,11H2,1-2H3,(H2,18,19,20). The Balaban J connectivity index is 1.73. The van der Waals surface area contributed by atoms with Crippen molar-refractivity contribution in [3.05, 3.63) is 59.8 Å². The summed E-state index contributed by atoms with van der Waals surface area (Å²) in [5.74, 6) is 0.812. The van der Waals surface area contributed by atoms with Crippen LogP contribution in [-0.4, -0.2) is 34.9 Å². The van der Waals surface area contributed by atoms with Crippen molar-refractivity contribution in [2.24, 2.45) is 0 Å². The molecule has 3 aromatic rings. The van der Waals surface area contributed by atoms with Gasteiger partial charge in [-0.25, -0.2) is 4.98 Å². The van der Waals surface area contributed by atoms with Crippen LogP contribution in [0.1, 0.15) is 15.9 Å². The predicted octanol–water partition coefficient (Wildman–Crippen LogP) is 2.88. The highest BCUT2D eigenvalue weighted by molar-refractivity contribution is 5.94. The summed E-state index contributed by atoms with van der Waals surface area (Å²) in [6.07, 6.45) is 1.87. The van der Waals surface area contributed by atoms with Crippen molar-refractivity contribution in [3.8, 4) is 0 Å². The van der Waals surface area contributed by atoms with Gasteiger partial charge in [-0.1, -0.05) is 12.1 Å². The number of H-pyrrole nitrogens is 1. The minimum absolute atomic E-state index is 0.00720. The van der Waals surface area contributed by atoms with Crippen molar-refractivity contribution < 1.29 is 4.79 Å². The Kier molecular flexibility index (Phi) is 3.78. The zero-order chi connectivity index (χ0) is 15.5. The van der Waals surface area contributed by atoms with E-state index >= 15 is 0 Å². The number of rotatable bonds is 4.